The van der Waals surface area contributed by atoms with Gasteiger partial charge in [-0.25, -0.2) is 4.68 Å². The summed E-state index contributed by atoms with van der Waals surface area (Å²) < 4.78 is 47.9. The average molecular weight is 436 g/mol. The van der Waals surface area contributed by atoms with E-state index in [0.29, 0.717) is 17.9 Å². The number of hydrogen-bond acceptors (Lipinski definition) is 4. The molecule has 0 bridgehead atoms. The number of fused-ring (bicyclic) bond motifs is 1. The Hall–Kier alpha value is -2.71. The Morgan fingerprint density at radius 3 is 2.81 bits per heavy atom. The third-order valence-electron chi connectivity index (χ3n) is 6.26. The van der Waals surface area contributed by atoms with E-state index in [9.17, 15) is 18.0 Å². The van der Waals surface area contributed by atoms with Gasteiger partial charge in [0, 0.05) is 25.1 Å². The second-order valence-corrected chi connectivity index (χ2v) is 8.18. The summed E-state index contributed by atoms with van der Waals surface area (Å²) in [4.78, 5) is 14.9. The van der Waals surface area contributed by atoms with Crippen molar-refractivity contribution >= 4 is 11.7 Å². The molecule has 0 aliphatic carbocycles. The summed E-state index contributed by atoms with van der Waals surface area (Å²) in [6.07, 6.45) is -1.02. The maximum atomic E-state index is 13.9. The molecule has 2 aliphatic heterocycles. The number of halogens is 3. The van der Waals surface area contributed by atoms with Gasteiger partial charge in [0.25, 0.3) is 5.91 Å². The molecule has 3 heterocycles. The van der Waals surface area contributed by atoms with Gasteiger partial charge in [0.1, 0.15) is 11.6 Å². The van der Waals surface area contributed by atoms with Gasteiger partial charge < -0.3 is 15.0 Å². The minimum absolute atomic E-state index is 0.0587. The highest BCUT2D eigenvalue weighted by atomic mass is 19.4. The van der Waals surface area contributed by atoms with Gasteiger partial charge in [-0.2, -0.15) is 18.3 Å². The number of hydrogen-bond donors (Lipinski definition) is 1. The van der Waals surface area contributed by atoms with E-state index < -0.39 is 18.3 Å². The van der Waals surface area contributed by atoms with Crippen LogP contribution >= 0.6 is 0 Å². The molecule has 2 aromatic rings. The predicted octanol–water partition coefficient (Wildman–Crippen LogP) is 4.96. The summed E-state index contributed by atoms with van der Waals surface area (Å²) in [5.74, 6) is 0.484. The smallest absolute Gasteiger partial charge is 0.410 e. The van der Waals surface area contributed by atoms with Crippen molar-refractivity contribution in [2.75, 3.05) is 19.0 Å². The number of ether oxygens (including phenoxy) is 1. The van der Waals surface area contributed by atoms with Crippen molar-refractivity contribution in [1.29, 1.82) is 0 Å². The van der Waals surface area contributed by atoms with Gasteiger partial charge in [0.2, 0.25) is 0 Å². The third kappa shape index (κ3) is 4.22. The number of rotatable bonds is 4. The maximum absolute atomic E-state index is 13.9. The molecule has 0 radical (unpaired) electrons. The molecule has 2 aliphatic rings. The SMILES string of the molecule is CC[C@@H]1CCCCN1C(=O)c1cc2n(n1)[C@@H](C(F)(F)F)C[C@H](c1cccc(OC)c1)N2. The fraction of sp³-hybridized carbons (Fsp3) is 0.545. The van der Waals surface area contributed by atoms with Crippen LogP contribution in [0.4, 0.5) is 19.0 Å². The first-order chi connectivity index (χ1) is 14.8. The molecule has 1 N–H and O–H groups in total. The Bertz CT molecular complexity index is 943. The minimum atomic E-state index is -4.49. The fourth-order valence-electron chi connectivity index (χ4n) is 4.59. The van der Waals surface area contributed by atoms with E-state index in [1.54, 1.807) is 29.2 Å². The van der Waals surface area contributed by atoms with Gasteiger partial charge in [-0.15, -0.1) is 0 Å². The molecule has 1 aromatic carbocycles. The van der Waals surface area contributed by atoms with Gasteiger partial charge in [-0.05, 0) is 43.4 Å². The van der Waals surface area contributed by atoms with E-state index in [-0.39, 0.29) is 29.9 Å². The zero-order valence-corrected chi connectivity index (χ0v) is 17.7. The molecule has 0 saturated carbocycles. The first kappa shape index (κ1) is 21.5. The van der Waals surface area contributed by atoms with E-state index >= 15 is 0 Å². The van der Waals surface area contributed by atoms with Crippen LogP contribution in [0.25, 0.3) is 0 Å². The highest BCUT2D eigenvalue weighted by Gasteiger charge is 2.47. The molecule has 1 saturated heterocycles. The molecule has 1 fully saturated rings. The lowest BCUT2D eigenvalue weighted by molar-refractivity contribution is -0.173. The number of alkyl halides is 3. The number of carbonyl (C=O) groups excluding carboxylic acids is 1. The normalized spacial score (nSPS) is 23.8. The molecule has 3 atom stereocenters. The molecular weight excluding hydrogens is 409 g/mol. The van der Waals surface area contributed by atoms with Crippen LogP contribution < -0.4 is 10.1 Å². The van der Waals surface area contributed by atoms with E-state index in [0.717, 1.165) is 30.4 Å². The standard InChI is InChI=1S/C22H27F3N4O2/c1-3-15-8-4-5-10-28(15)21(30)18-13-20-26-17(14-7-6-9-16(11-14)31-2)12-19(22(23,24)25)29(20)27-18/h6-7,9,11,13,15,17,19,26H,3-5,8,10,12H2,1-2H3/t15-,17-,19-/m1/s1. The van der Waals surface area contributed by atoms with E-state index in [4.69, 9.17) is 4.74 Å². The van der Waals surface area contributed by atoms with Crippen LogP contribution in [0.5, 0.6) is 5.75 Å². The van der Waals surface area contributed by atoms with Crippen molar-refractivity contribution in [2.45, 2.75) is 63.3 Å². The molecule has 4 rings (SSSR count). The molecule has 31 heavy (non-hydrogen) atoms. The summed E-state index contributed by atoms with van der Waals surface area (Å²) in [6.45, 7) is 2.64. The Kier molecular flexibility index (Phi) is 5.85. The van der Waals surface area contributed by atoms with Crippen molar-refractivity contribution in [1.82, 2.24) is 14.7 Å². The van der Waals surface area contributed by atoms with Crippen molar-refractivity contribution in [2.24, 2.45) is 0 Å². The summed E-state index contributed by atoms with van der Waals surface area (Å²) in [5.41, 5.74) is 0.749. The molecule has 0 spiro atoms. The lowest BCUT2D eigenvalue weighted by Crippen LogP contribution is -2.43. The number of piperidine rings is 1. The number of amides is 1. The number of nitrogens with one attached hydrogen (secondary N) is 1. The Morgan fingerprint density at radius 2 is 2.10 bits per heavy atom. The molecule has 9 heteroatoms. The summed E-state index contributed by atoms with van der Waals surface area (Å²) in [6, 6.07) is 6.16. The largest absolute Gasteiger partial charge is 0.497 e. The van der Waals surface area contributed by atoms with Crippen molar-refractivity contribution in [3.8, 4) is 5.75 Å². The van der Waals surface area contributed by atoms with Crippen molar-refractivity contribution in [3.05, 3.63) is 41.6 Å². The lowest BCUT2D eigenvalue weighted by atomic mass is 9.97. The van der Waals surface area contributed by atoms with Gasteiger partial charge in [0.05, 0.1) is 13.2 Å². The van der Waals surface area contributed by atoms with E-state index in [1.807, 2.05) is 6.92 Å². The zero-order valence-electron chi connectivity index (χ0n) is 17.7. The number of anilines is 1. The van der Waals surface area contributed by atoms with Gasteiger partial charge in [-0.3, -0.25) is 4.79 Å². The molecular formula is C22H27F3N4O2. The highest BCUT2D eigenvalue weighted by Crippen LogP contribution is 2.44. The molecule has 0 unspecified atom stereocenters. The number of likely N-dealkylation sites (tertiary alicyclic amines) is 1. The Labute approximate surface area is 179 Å². The minimum Gasteiger partial charge on any atom is -0.497 e. The van der Waals surface area contributed by atoms with Crippen LogP contribution in [0.2, 0.25) is 0 Å². The van der Waals surface area contributed by atoms with Crippen LogP contribution in [-0.2, 0) is 0 Å². The highest BCUT2D eigenvalue weighted by molar-refractivity contribution is 5.93. The Balaban J connectivity index is 1.66. The van der Waals surface area contributed by atoms with Gasteiger partial charge in [0.15, 0.2) is 11.7 Å². The number of carbonyl (C=O) groups is 1. The quantitative estimate of drug-likeness (QED) is 0.736. The molecule has 1 aromatic heterocycles. The van der Waals surface area contributed by atoms with Gasteiger partial charge in [-0.1, -0.05) is 19.1 Å². The average Bonchev–Trinajstić information content (AvgIpc) is 3.21. The summed E-state index contributed by atoms with van der Waals surface area (Å²) in [5, 5.41) is 7.27. The second-order valence-electron chi connectivity index (χ2n) is 8.18. The number of methoxy groups -OCH3 is 1. The van der Waals surface area contributed by atoms with E-state index in [1.165, 1.54) is 13.2 Å². The van der Waals surface area contributed by atoms with Crippen LogP contribution in [0.3, 0.4) is 0 Å². The topological polar surface area (TPSA) is 59.4 Å². The summed E-state index contributed by atoms with van der Waals surface area (Å²) >= 11 is 0. The first-order valence-corrected chi connectivity index (χ1v) is 10.7. The maximum Gasteiger partial charge on any atom is 0.410 e. The summed E-state index contributed by atoms with van der Waals surface area (Å²) in [7, 11) is 1.52. The van der Waals surface area contributed by atoms with Crippen molar-refractivity contribution in [3.63, 3.8) is 0 Å². The van der Waals surface area contributed by atoms with Crippen LogP contribution in [0, 0.1) is 0 Å². The number of nitrogens with zero attached hydrogens (tertiary/aromatic N) is 3. The van der Waals surface area contributed by atoms with Crippen LogP contribution in [-0.4, -0.2) is 46.5 Å². The first-order valence-electron chi connectivity index (χ1n) is 10.7. The second kappa shape index (κ2) is 8.43. The Morgan fingerprint density at radius 1 is 1.29 bits per heavy atom. The van der Waals surface area contributed by atoms with Crippen LogP contribution in [0.15, 0.2) is 30.3 Å². The fourth-order valence-corrected chi connectivity index (χ4v) is 4.59. The predicted molar refractivity (Wildman–Crippen MR) is 110 cm³/mol. The van der Waals surface area contributed by atoms with Crippen LogP contribution in [0.1, 0.15) is 67.2 Å². The molecule has 168 valence electrons. The lowest BCUT2D eigenvalue weighted by Gasteiger charge is -2.34. The van der Waals surface area contributed by atoms with E-state index in [2.05, 4.69) is 10.4 Å². The molecule has 1 amide bonds. The number of benzene rings is 1. The number of aromatic nitrogens is 2. The zero-order chi connectivity index (χ0) is 22.2. The monoisotopic (exact) mass is 436 g/mol. The molecule has 6 nitrogen and oxygen atoms in total. The van der Waals surface area contributed by atoms with Crippen molar-refractivity contribution < 1.29 is 22.7 Å². The van der Waals surface area contributed by atoms with Gasteiger partial charge >= 0.3 is 6.18 Å². The third-order valence-corrected chi connectivity index (χ3v) is 6.26.